The van der Waals surface area contributed by atoms with Crippen LogP contribution in [0.2, 0.25) is 18.1 Å². The van der Waals surface area contributed by atoms with Crippen LogP contribution in [-0.4, -0.2) is 103 Å². The van der Waals surface area contributed by atoms with Crippen molar-refractivity contribution < 1.29 is 38.2 Å². The van der Waals surface area contributed by atoms with Crippen LogP contribution in [0, 0.1) is 5.92 Å². The second kappa shape index (κ2) is 15.4. The van der Waals surface area contributed by atoms with Crippen molar-refractivity contribution in [3.63, 3.8) is 0 Å². The molecule has 0 saturated carbocycles. The Morgan fingerprint density at radius 1 is 1.02 bits per heavy atom. The standard InChI is InChI=1S/C32H51N5O8Si/c1-20(38)25(27(33)39)34-28(40)24-14-11-16-37(24)29(41)23-15-17-36(18-23)30(42)26(21(2)45-46(6,7)32(3,4)5)35-31(43)44-19-22-12-9-8-10-13-22/h8-10,12-13,20-21,23-26,38H,11,14-19H2,1-7H3,(H2,33,39)(H,34,40)(H,35,43)/t20-,21-,23+,24+,25+,26+/m1/s1. The largest absolute Gasteiger partial charge is 0.445 e. The molecule has 2 heterocycles. The minimum absolute atomic E-state index is 0.0350. The molecule has 2 aliphatic rings. The molecule has 0 unspecified atom stereocenters. The number of benzene rings is 1. The predicted molar refractivity (Wildman–Crippen MR) is 174 cm³/mol. The predicted octanol–water partition coefficient (Wildman–Crippen LogP) is 1.88. The first-order valence-electron chi connectivity index (χ1n) is 15.9. The van der Waals surface area contributed by atoms with Gasteiger partial charge in [-0.1, -0.05) is 51.1 Å². The Morgan fingerprint density at radius 3 is 2.26 bits per heavy atom. The molecular weight excluding hydrogens is 610 g/mol. The van der Waals surface area contributed by atoms with Gasteiger partial charge in [0.15, 0.2) is 8.32 Å². The first kappa shape index (κ1) is 37.0. The van der Waals surface area contributed by atoms with Crippen LogP contribution in [-0.2, 0) is 34.9 Å². The summed E-state index contributed by atoms with van der Waals surface area (Å²) < 4.78 is 11.9. The molecule has 6 atom stereocenters. The lowest BCUT2D eigenvalue weighted by Gasteiger charge is -2.40. The maximum absolute atomic E-state index is 14.0. The molecule has 0 radical (unpaired) electrons. The zero-order valence-corrected chi connectivity index (χ0v) is 29.1. The number of aliphatic hydroxyl groups excluding tert-OH is 1. The number of ether oxygens (including phenoxy) is 1. The van der Waals surface area contributed by atoms with E-state index in [1.54, 1.807) is 11.8 Å². The summed E-state index contributed by atoms with van der Waals surface area (Å²) in [7, 11) is -2.34. The summed E-state index contributed by atoms with van der Waals surface area (Å²) in [6.45, 7) is 14.3. The molecule has 46 heavy (non-hydrogen) atoms. The van der Waals surface area contributed by atoms with E-state index in [-0.39, 0.29) is 36.5 Å². The Balaban J connectivity index is 1.71. The van der Waals surface area contributed by atoms with Gasteiger partial charge in [0.05, 0.1) is 18.1 Å². The summed E-state index contributed by atoms with van der Waals surface area (Å²) in [6.07, 6.45) is -1.24. The number of alkyl carbamates (subject to hydrolysis) is 1. The van der Waals surface area contributed by atoms with Gasteiger partial charge in [-0.3, -0.25) is 19.2 Å². The number of nitrogens with one attached hydrogen (secondary N) is 2. The molecule has 2 aliphatic heterocycles. The van der Waals surface area contributed by atoms with Gasteiger partial charge in [0.25, 0.3) is 0 Å². The van der Waals surface area contributed by atoms with Gasteiger partial charge in [-0.05, 0) is 56.8 Å². The first-order valence-corrected chi connectivity index (χ1v) is 18.9. The Bertz CT molecular complexity index is 1250. The highest BCUT2D eigenvalue weighted by atomic mass is 28.4. The number of carbonyl (C=O) groups excluding carboxylic acids is 5. The number of rotatable bonds is 12. The van der Waals surface area contributed by atoms with Gasteiger partial charge in [-0.2, -0.15) is 0 Å². The number of nitrogens with two attached hydrogens (primary N) is 1. The number of primary amides is 1. The highest BCUT2D eigenvalue weighted by Gasteiger charge is 2.45. The van der Waals surface area contributed by atoms with Gasteiger partial charge in [0, 0.05) is 19.6 Å². The summed E-state index contributed by atoms with van der Waals surface area (Å²) in [5.41, 5.74) is 6.13. The van der Waals surface area contributed by atoms with Crippen molar-refractivity contribution in [2.45, 2.75) is 109 Å². The number of aliphatic hydroxyl groups is 1. The third kappa shape index (κ3) is 9.29. The van der Waals surface area contributed by atoms with Crippen molar-refractivity contribution in [3.05, 3.63) is 35.9 Å². The number of hydrogen-bond donors (Lipinski definition) is 4. The minimum Gasteiger partial charge on any atom is -0.445 e. The summed E-state index contributed by atoms with van der Waals surface area (Å²) in [5, 5.41) is 14.9. The van der Waals surface area contributed by atoms with Crippen molar-refractivity contribution in [2.24, 2.45) is 11.7 Å². The molecule has 0 bridgehead atoms. The molecule has 13 nitrogen and oxygen atoms in total. The smallest absolute Gasteiger partial charge is 0.408 e. The van der Waals surface area contributed by atoms with Crippen LogP contribution < -0.4 is 16.4 Å². The van der Waals surface area contributed by atoms with Crippen molar-refractivity contribution in [1.29, 1.82) is 0 Å². The molecule has 0 spiro atoms. The molecule has 14 heteroatoms. The van der Waals surface area contributed by atoms with Crippen LogP contribution in [0.25, 0.3) is 0 Å². The number of likely N-dealkylation sites (tertiary alicyclic amines) is 2. The van der Waals surface area contributed by atoms with Crippen LogP contribution in [0.15, 0.2) is 30.3 Å². The van der Waals surface area contributed by atoms with Gasteiger partial charge >= 0.3 is 6.09 Å². The zero-order valence-electron chi connectivity index (χ0n) is 28.1. The number of carbonyl (C=O) groups is 5. The lowest BCUT2D eigenvalue weighted by atomic mass is 10.1. The molecule has 5 N–H and O–H groups in total. The third-order valence-corrected chi connectivity index (χ3v) is 13.9. The fraction of sp³-hybridized carbons (Fsp3) is 0.656. The van der Waals surface area contributed by atoms with Crippen LogP contribution in [0.3, 0.4) is 0 Å². The second-order valence-corrected chi connectivity index (χ2v) is 18.6. The van der Waals surface area contributed by atoms with E-state index in [2.05, 4.69) is 44.5 Å². The molecular formula is C32H51N5O8Si. The fourth-order valence-corrected chi connectivity index (χ4v) is 6.98. The molecule has 256 valence electrons. The monoisotopic (exact) mass is 661 g/mol. The Hall–Kier alpha value is -3.49. The molecule has 0 aliphatic carbocycles. The van der Waals surface area contributed by atoms with Gasteiger partial charge < -0.3 is 40.4 Å². The van der Waals surface area contributed by atoms with Crippen molar-refractivity contribution in [3.8, 4) is 0 Å². The van der Waals surface area contributed by atoms with Crippen LogP contribution in [0.5, 0.6) is 0 Å². The van der Waals surface area contributed by atoms with E-state index in [4.69, 9.17) is 14.9 Å². The van der Waals surface area contributed by atoms with E-state index >= 15 is 0 Å². The van der Waals surface area contributed by atoms with Gasteiger partial charge in [0.2, 0.25) is 23.6 Å². The normalized spacial score (nSPS) is 21.2. The van der Waals surface area contributed by atoms with Crippen LogP contribution >= 0.6 is 0 Å². The van der Waals surface area contributed by atoms with E-state index < -0.39 is 62.5 Å². The minimum atomic E-state index is -2.34. The summed E-state index contributed by atoms with van der Waals surface area (Å²) in [4.78, 5) is 68.3. The molecule has 2 saturated heterocycles. The first-order chi connectivity index (χ1) is 21.4. The van der Waals surface area contributed by atoms with Gasteiger partial charge in [-0.25, -0.2) is 4.79 Å². The van der Waals surface area contributed by atoms with E-state index in [1.165, 1.54) is 11.8 Å². The summed E-state index contributed by atoms with van der Waals surface area (Å²) in [5.74, 6) is -2.63. The zero-order chi connectivity index (χ0) is 34.4. The van der Waals surface area contributed by atoms with E-state index in [0.29, 0.717) is 25.8 Å². The van der Waals surface area contributed by atoms with Crippen molar-refractivity contribution in [1.82, 2.24) is 20.4 Å². The van der Waals surface area contributed by atoms with Crippen LogP contribution in [0.1, 0.15) is 59.4 Å². The van der Waals surface area contributed by atoms with E-state index in [1.807, 2.05) is 30.3 Å². The number of amides is 5. The number of hydrogen-bond acceptors (Lipinski definition) is 8. The SMILES string of the molecule is C[C@@H](O)[C@H](NC(=O)[C@@H]1CCCN1C(=O)[C@H]1CCN(C(=O)[C@@H](NC(=O)OCc2ccccc2)[C@@H](C)O[Si](C)(C)C(C)(C)C)C1)C(N)=O. The van der Waals surface area contributed by atoms with Crippen molar-refractivity contribution >= 4 is 38.0 Å². The summed E-state index contributed by atoms with van der Waals surface area (Å²) >= 11 is 0. The average molecular weight is 662 g/mol. The van der Waals surface area contributed by atoms with E-state index in [9.17, 15) is 29.1 Å². The highest BCUT2D eigenvalue weighted by Crippen LogP contribution is 2.38. The van der Waals surface area contributed by atoms with Crippen molar-refractivity contribution in [2.75, 3.05) is 19.6 Å². The molecule has 2 fully saturated rings. The Kier molecular flexibility index (Phi) is 12.4. The lowest BCUT2D eigenvalue weighted by Crippen LogP contribution is -2.57. The molecule has 1 aromatic carbocycles. The molecule has 0 aromatic heterocycles. The maximum atomic E-state index is 14.0. The summed E-state index contributed by atoms with van der Waals surface area (Å²) in [6, 6.07) is 6.07. The van der Waals surface area contributed by atoms with E-state index in [0.717, 1.165) is 5.56 Å². The number of nitrogens with zero attached hydrogens (tertiary/aromatic N) is 2. The topological polar surface area (TPSA) is 181 Å². The highest BCUT2D eigenvalue weighted by molar-refractivity contribution is 6.74. The van der Waals surface area contributed by atoms with Gasteiger partial charge in [0.1, 0.15) is 24.7 Å². The molecule has 5 amide bonds. The third-order valence-electron chi connectivity index (χ3n) is 9.28. The molecule has 1 aromatic rings. The maximum Gasteiger partial charge on any atom is 0.408 e. The quantitative estimate of drug-likeness (QED) is 0.245. The van der Waals surface area contributed by atoms with Gasteiger partial charge in [-0.15, -0.1) is 0 Å². The molecule has 3 rings (SSSR count). The Labute approximate surface area is 272 Å². The van der Waals surface area contributed by atoms with Crippen LogP contribution in [0.4, 0.5) is 4.79 Å². The Morgan fingerprint density at radius 2 is 1.67 bits per heavy atom. The lowest BCUT2D eigenvalue weighted by molar-refractivity contribution is -0.142. The average Bonchev–Trinajstić information content (AvgIpc) is 3.67. The fourth-order valence-electron chi connectivity index (χ4n) is 5.56. The second-order valence-electron chi connectivity index (χ2n) is 13.9.